The number of hydrogen-bond acceptors (Lipinski definition) is 6. The molecule has 0 spiro atoms. The molecule has 0 bridgehead atoms. The van der Waals surface area contributed by atoms with Crippen LogP contribution in [0, 0.1) is 11.6 Å². The number of para-hydroxylation sites is 1. The minimum Gasteiger partial charge on any atom is -0.340 e. The summed E-state index contributed by atoms with van der Waals surface area (Å²) in [5, 5.41) is 5.17. The molecule has 1 unspecified atom stereocenters. The summed E-state index contributed by atoms with van der Waals surface area (Å²) in [6, 6.07) is 8.36. The second-order valence-electron chi connectivity index (χ2n) is 6.84. The van der Waals surface area contributed by atoms with E-state index < -0.39 is 32.5 Å². The molecule has 2 aromatic rings. The van der Waals surface area contributed by atoms with Gasteiger partial charge >= 0.3 is 0 Å². The van der Waals surface area contributed by atoms with Gasteiger partial charge in [-0.15, -0.1) is 0 Å². The van der Waals surface area contributed by atoms with Gasteiger partial charge in [0.2, 0.25) is 5.79 Å². The Morgan fingerprint density at radius 2 is 1.83 bits per heavy atom. The molecule has 0 saturated carbocycles. The van der Waals surface area contributed by atoms with E-state index >= 15 is 0 Å². The van der Waals surface area contributed by atoms with Gasteiger partial charge in [-0.1, -0.05) is 23.7 Å². The number of nitrogens with zero attached hydrogens (tertiary/aromatic N) is 1. The molecule has 11 heteroatoms. The van der Waals surface area contributed by atoms with Gasteiger partial charge in [0.05, 0.1) is 25.3 Å². The topological polar surface area (TPSA) is 96.6 Å². The molecule has 3 rings (SSSR count). The standard InChI is InChI=1S/C19H18BrClF2N4O2S/c1-10(2)30(28,29)16-6-4-3-5-15(16)26-18-12(21)9-25-19(24,27-18)11-7-13(22)17(20)14(23)8-11/h3-10,26-27H,24H2,1-2H3. The fraction of sp³-hybridized carbons (Fsp3) is 0.211. The fourth-order valence-corrected chi connectivity index (χ4v) is 4.30. The van der Waals surface area contributed by atoms with Gasteiger partial charge in [-0.2, -0.15) is 0 Å². The maximum absolute atomic E-state index is 14.0. The molecule has 1 aliphatic rings. The average Bonchev–Trinajstić information content (AvgIpc) is 2.69. The van der Waals surface area contributed by atoms with Gasteiger partial charge in [-0.3, -0.25) is 5.73 Å². The molecule has 2 aromatic carbocycles. The fourth-order valence-electron chi connectivity index (χ4n) is 2.73. The summed E-state index contributed by atoms with van der Waals surface area (Å²) >= 11 is 9.02. The van der Waals surface area contributed by atoms with E-state index in [9.17, 15) is 17.2 Å². The van der Waals surface area contributed by atoms with E-state index in [0.717, 1.165) is 12.1 Å². The van der Waals surface area contributed by atoms with Crippen molar-refractivity contribution in [1.82, 2.24) is 5.32 Å². The third-order valence-electron chi connectivity index (χ3n) is 4.43. The summed E-state index contributed by atoms with van der Waals surface area (Å²) in [5.74, 6) is -3.32. The van der Waals surface area contributed by atoms with Crippen molar-refractivity contribution in [2.75, 3.05) is 5.32 Å². The zero-order valence-corrected chi connectivity index (χ0v) is 19.0. The third kappa shape index (κ3) is 4.22. The Hall–Kier alpha value is -2.01. The molecule has 0 radical (unpaired) electrons. The molecule has 0 aromatic heterocycles. The van der Waals surface area contributed by atoms with Gasteiger partial charge in [-0.05, 0) is 54.0 Å². The van der Waals surface area contributed by atoms with Crippen LogP contribution in [0.4, 0.5) is 14.5 Å². The lowest BCUT2D eigenvalue weighted by Crippen LogP contribution is -2.51. The summed E-state index contributed by atoms with van der Waals surface area (Å²) in [7, 11) is -3.60. The highest BCUT2D eigenvalue weighted by atomic mass is 79.9. The Bertz CT molecular complexity index is 1150. The van der Waals surface area contributed by atoms with Crippen LogP contribution in [-0.2, 0) is 15.6 Å². The Morgan fingerprint density at radius 3 is 2.43 bits per heavy atom. The van der Waals surface area contributed by atoms with Gasteiger partial charge in [0.15, 0.2) is 9.84 Å². The highest BCUT2D eigenvalue weighted by molar-refractivity contribution is 9.10. The minimum absolute atomic E-state index is 0.00324. The summed E-state index contributed by atoms with van der Waals surface area (Å²) in [6.45, 7) is 3.15. The molecule has 6 nitrogen and oxygen atoms in total. The maximum atomic E-state index is 14.0. The molecule has 1 atom stereocenters. The smallest absolute Gasteiger partial charge is 0.210 e. The summed E-state index contributed by atoms with van der Waals surface area (Å²) in [4.78, 5) is 4.13. The summed E-state index contributed by atoms with van der Waals surface area (Å²) in [5.41, 5.74) is 6.50. The summed E-state index contributed by atoms with van der Waals surface area (Å²) < 4.78 is 53.0. The van der Waals surface area contributed by atoms with E-state index in [1.807, 2.05) is 0 Å². The Morgan fingerprint density at radius 1 is 1.23 bits per heavy atom. The van der Waals surface area contributed by atoms with Crippen LogP contribution < -0.4 is 16.4 Å². The van der Waals surface area contributed by atoms with Crippen LogP contribution in [-0.4, -0.2) is 19.9 Å². The monoisotopic (exact) mass is 518 g/mol. The van der Waals surface area contributed by atoms with E-state index in [1.165, 1.54) is 12.3 Å². The van der Waals surface area contributed by atoms with Crippen molar-refractivity contribution >= 4 is 49.3 Å². The summed E-state index contributed by atoms with van der Waals surface area (Å²) in [6.07, 6.45) is 1.22. The predicted octanol–water partition coefficient (Wildman–Crippen LogP) is 4.17. The van der Waals surface area contributed by atoms with Crippen molar-refractivity contribution in [2.45, 2.75) is 29.8 Å². The van der Waals surface area contributed by atoms with Gasteiger partial charge in [-0.25, -0.2) is 22.2 Å². The van der Waals surface area contributed by atoms with Crippen molar-refractivity contribution in [3.8, 4) is 0 Å². The van der Waals surface area contributed by atoms with Crippen LogP contribution in [0.25, 0.3) is 0 Å². The van der Waals surface area contributed by atoms with Crippen molar-refractivity contribution in [3.05, 3.63) is 68.9 Å². The van der Waals surface area contributed by atoms with Crippen LogP contribution in [0.1, 0.15) is 19.4 Å². The van der Waals surface area contributed by atoms with E-state index in [1.54, 1.807) is 32.0 Å². The largest absolute Gasteiger partial charge is 0.340 e. The quantitative estimate of drug-likeness (QED) is 0.515. The number of nitrogens with two attached hydrogens (primary N) is 1. The Labute approximate surface area is 186 Å². The number of sulfone groups is 1. The second kappa shape index (κ2) is 8.26. The lowest BCUT2D eigenvalue weighted by Gasteiger charge is -2.33. The number of aliphatic imine (C=N–C) groups is 1. The van der Waals surface area contributed by atoms with Crippen LogP contribution in [0.2, 0.25) is 0 Å². The molecule has 4 N–H and O–H groups in total. The molecular formula is C19H18BrClF2N4O2S. The van der Waals surface area contributed by atoms with Crippen LogP contribution in [0.3, 0.4) is 0 Å². The number of anilines is 1. The number of hydrogen-bond donors (Lipinski definition) is 3. The lowest BCUT2D eigenvalue weighted by molar-refractivity contribution is 0.392. The third-order valence-corrected chi connectivity index (χ3v) is 7.69. The SMILES string of the molecule is CC(C)S(=O)(=O)c1ccccc1NC1=C(Cl)C=NC(N)(c2cc(F)c(Br)c(F)c2)N1. The number of benzene rings is 2. The zero-order chi connectivity index (χ0) is 22.3. The number of allylic oxidation sites excluding steroid dienone is 1. The van der Waals surface area contributed by atoms with Crippen molar-refractivity contribution < 1.29 is 17.2 Å². The lowest BCUT2D eigenvalue weighted by atomic mass is 10.1. The van der Waals surface area contributed by atoms with Crippen LogP contribution in [0.5, 0.6) is 0 Å². The molecule has 160 valence electrons. The number of rotatable bonds is 5. The van der Waals surface area contributed by atoms with E-state index in [2.05, 4.69) is 31.6 Å². The minimum atomic E-state index is -3.60. The van der Waals surface area contributed by atoms with E-state index in [4.69, 9.17) is 17.3 Å². The van der Waals surface area contributed by atoms with Gasteiger partial charge in [0, 0.05) is 11.8 Å². The van der Waals surface area contributed by atoms with E-state index in [0.29, 0.717) is 0 Å². The first-order chi connectivity index (χ1) is 14.0. The molecule has 0 fully saturated rings. The first-order valence-electron chi connectivity index (χ1n) is 8.72. The highest BCUT2D eigenvalue weighted by Gasteiger charge is 2.33. The molecule has 0 saturated heterocycles. The van der Waals surface area contributed by atoms with Crippen LogP contribution >= 0.6 is 27.5 Å². The van der Waals surface area contributed by atoms with Crippen molar-refractivity contribution in [2.24, 2.45) is 10.7 Å². The molecular weight excluding hydrogens is 502 g/mol. The number of halogens is 4. The van der Waals surface area contributed by atoms with E-state index in [-0.39, 0.29) is 31.5 Å². The Balaban J connectivity index is 1.99. The normalized spacial score (nSPS) is 19.2. The molecule has 1 aliphatic heterocycles. The van der Waals surface area contributed by atoms with Crippen LogP contribution in [0.15, 0.2) is 61.6 Å². The predicted molar refractivity (Wildman–Crippen MR) is 117 cm³/mol. The highest BCUT2D eigenvalue weighted by Crippen LogP contribution is 2.31. The molecule has 0 amide bonds. The maximum Gasteiger partial charge on any atom is 0.210 e. The first kappa shape index (κ1) is 22.7. The first-order valence-corrected chi connectivity index (χ1v) is 11.4. The second-order valence-corrected chi connectivity index (χ2v) is 10.5. The van der Waals surface area contributed by atoms with Crippen molar-refractivity contribution in [1.29, 1.82) is 0 Å². The molecule has 30 heavy (non-hydrogen) atoms. The molecule has 0 aliphatic carbocycles. The zero-order valence-electron chi connectivity index (χ0n) is 15.9. The van der Waals surface area contributed by atoms with Gasteiger partial charge in [0.1, 0.15) is 17.5 Å². The van der Waals surface area contributed by atoms with Gasteiger partial charge in [0.25, 0.3) is 0 Å². The Kier molecular flexibility index (Phi) is 6.24. The average molecular weight is 520 g/mol. The number of nitrogens with one attached hydrogen (secondary N) is 2. The molecule has 1 heterocycles. The van der Waals surface area contributed by atoms with Crippen molar-refractivity contribution in [3.63, 3.8) is 0 Å². The van der Waals surface area contributed by atoms with Gasteiger partial charge < -0.3 is 10.6 Å².